The molecule has 2 aliphatic rings. The van der Waals surface area contributed by atoms with Crippen LogP contribution < -0.4 is 10.9 Å². The molecule has 0 bridgehead atoms. The average Bonchev–Trinajstić information content (AvgIpc) is 3.07. The van der Waals surface area contributed by atoms with E-state index in [1.165, 1.54) is 18.0 Å². The zero-order valence-electron chi connectivity index (χ0n) is 10.4. The second kappa shape index (κ2) is 5.34. The Bertz CT molecular complexity index is 552. The number of carbonyl (C=O) groups is 1. The third-order valence-corrected chi connectivity index (χ3v) is 4.35. The summed E-state index contributed by atoms with van der Waals surface area (Å²) in [7, 11) is 0. The molecule has 1 saturated heterocycles. The van der Waals surface area contributed by atoms with E-state index in [4.69, 9.17) is 4.74 Å². The van der Waals surface area contributed by atoms with Gasteiger partial charge in [0.1, 0.15) is 5.56 Å². The average molecular weight is 281 g/mol. The molecule has 1 fully saturated rings. The summed E-state index contributed by atoms with van der Waals surface area (Å²) < 4.78 is 6.81. The van der Waals surface area contributed by atoms with Crippen LogP contribution in [0.1, 0.15) is 16.8 Å². The van der Waals surface area contributed by atoms with Crippen molar-refractivity contribution in [3.63, 3.8) is 0 Å². The fourth-order valence-corrected chi connectivity index (χ4v) is 3.16. The molecular weight excluding hydrogens is 266 g/mol. The summed E-state index contributed by atoms with van der Waals surface area (Å²) in [5.74, 6) is 0.855. The van der Waals surface area contributed by atoms with Gasteiger partial charge < -0.3 is 10.1 Å². The van der Waals surface area contributed by atoms with Crippen molar-refractivity contribution in [3.05, 3.63) is 22.1 Å². The second-order valence-corrected chi connectivity index (χ2v) is 5.76. The van der Waals surface area contributed by atoms with Crippen LogP contribution in [0.3, 0.4) is 0 Å². The maximum Gasteiger partial charge on any atom is 0.267 e. The Hall–Kier alpha value is -1.34. The van der Waals surface area contributed by atoms with Crippen molar-refractivity contribution in [1.29, 1.82) is 0 Å². The quantitative estimate of drug-likeness (QED) is 0.796. The summed E-state index contributed by atoms with van der Waals surface area (Å²) in [6.07, 6.45) is 2.34. The minimum atomic E-state index is -0.336. The molecule has 1 N–H and O–H groups in total. The zero-order chi connectivity index (χ0) is 13.2. The van der Waals surface area contributed by atoms with Gasteiger partial charge in [0.2, 0.25) is 0 Å². The zero-order valence-corrected chi connectivity index (χ0v) is 11.2. The van der Waals surface area contributed by atoms with Crippen LogP contribution in [0, 0.1) is 5.92 Å². The van der Waals surface area contributed by atoms with Gasteiger partial charge in [-0.3, -0.25) is 14.2 Å². The molecule has 0 aromatic carbocycles. The lowest BCUT2D eigenvalue weighted by Crippen LogP contribution is -2.35. The number of rotatable bonds is 3. The van der Waals surface area contributed by atoms with Crippen LogP contribution in [0.2, 0.25) is 0 Å². The van der Waals surface area contributed by atoms with Crippen molar-refractivity contribution in [3.8, 4) is 0 Å². The van der Waals surface area contributed by atoms with E-state index < -0.39 is 0 Å². The van der Waals surface area contributed by atoms with E-state index in [0.717, 1.165) is 18.8 Å². The SMILES string of the molecule is O=C(NC[C@H]1CCOC1)c1cnc2n(c1=O)CCS2. The van der Waals surface area contributed by atoms with Crippen LogP contribution in [0.5, 0.6) is 0 Å². The number of thioether (sulfide) groups is 1. The molecule has 0 saturated carbocycles. The van der Waals surface area contributed by atoms with E-state index in [2.05, 4.69) is 10.3 Å². The van der Waals surface area contributed by atoms with Gasteiger partial charge in [0, 0.05) is 37.6 Å². The van der Waals surface area contributed by atoms with Crippen LogP contribution in [0.4, 0.5) is 0 Å². The number of ether oxygens (including phenoxy) is 1. The van der Waals surface area contributed by atoms with Crippen LogP contribution in [-0.4, -0.2) is 41.0 Å². The van der Waals surface area contributed by atoms with Gasteiger partial charge >= 0.3 is 0 Å². The topological polar surface area (TPSA) is 73.2 Å². The van der Waals surface area contributed by atoms with Crippen LogP contribution >= 0.6 is 11.8 Å². The fraction of sp³-hybridized carbons (Fsp3) is 0.583. The molecule has 0 radical (unpaired) electrons. The van der Waals surface area contributed by atoms with E-state index in [0.29, 0.717) is 30.8 Å². The number of hydrogen-bond donors (Lipinski definition) is 1. The van der Waals surface area contributed by atoms with E-state index in [9.17, 15) is 9.59 Å². The smallest absolute Gasteiger partial charge is 0.267 e. The number of aromatic nitrogens is 2. The standard InChI is InChI=1S/C12H15N3O3S/c16-10(13-5-8-1-3-18-7-8)9-6-14-12-15(11(9)17)2-4-19-12/h6,8H,1-5,7H2,(H,13,16)/t8-/m1/s1. The van der Waals surface area contributed by atoms with Gasteiger partial charge in [0.15, 0.2) is 5.16 Å². The first kappa shape index (κ1) is 12.7. The lowest BCUT2D eigenvalue weighted by Gasteiger charge is -2.09. The molecule has 19 heavy (non-hydrogen) atoms. The number of hydrogen-bond acceptors (Lipinski definition) is 5. The predicted molar refractivity (Wildman–Crippen MR) is 70.5 cm³/mol. The van der Waals surface area contributed by atoms with Gasteiger partial charge in [0.05, 0.1) is 6.61 Å². The van der Waals surface area contributed by atoms with E-state index in [-0.39, 0.29) is 17.0 Å². The van der Waals surface area contributed by atoms with Gasteiger partial charge in [-0.25, -0.2) is 4.98 Å². The first-order chi connectivity index (χ1) is 9.25. The Labute approximate surface area is 114 Å². The Morgan fingerprint density at radius 1 is 1.63 bits per heavy atom. The molecule has 3 heterocycles. The van der Waals surface area contributed by atoms with Crippen LogP contribution in [-0.2, 0) is 11.3 Å². The molecule has 6 nitrogen and oxygen atoms in total. The molecule has 1 aromatic heterocycles. The second-order valence-electron chi connectivity index (χ2n) is 4.70. The largest absolute Gasteiger partial charge is 0.381 e. The third-order valence-electron chi connectivity index (χ3n) is 3.38. The Morgan fingerprint density at radius 3 is 3.32 bits per heavy atom. The van der Waals surface area contributed by atoms with Gasteiger partial charge in [-0.2, -0.15) is 0 Å². The molecular formula is C12H15N3O3S. The summed E-state index contributed by atoms with van der Waals surface area (Å²) >= 11 is 1.54. The minimum absolute atomic E-state index is 0.130. The van der Waals surface area contributed by atoms with Crippen molar-refractivity contribution in [2.75, 3.05) is 25.5 Å². The number of nitrogens with zero attached hydrogens (tertiary/aromatic N) is 2. The van der Waals surface area contributed by atoms with Gasteiger partial charge in [-0.15, -0.1) is 0 Å². The summed E-state index contributed by atoms with van der Waals surface area (Å²) in [6, 6.07) is 0. The van der Waals surface area contributed by atoms with Crippen molar-refractivity contribution >= 4 is 17.7 Å². The first-order valence-electron chi connectivity index (χ1n) is 6.34. The molecule has 0 aliphatic carbocycles. The van der Waals surface area contributed by atoms with E-state index >= 15 is 0 Å². The minimum Gasteiger partial charge on any atom is -0.381 e. The van der Waals surface area contributed by atoms with Crippen LogP contribution in [0.15, 0.2) is 16.1 Å². The first-order valence-corrected chi connectivity index (χ1v) is 7.33. The normalized spacial score (nSPS) is 21.4. The summed E-state index contributed by atoms with van der Waals surface area (Å²) in [6.45, 7) is 2.61. The maximum atomic E-state index is 12.1. The van der Waals surface area contributed by atoms with Gasteiger partial charge in [0.25, 0.3) is 11.5 Å². The predicted octanol–water partition coefficient (Wildman–Crippen LogP) is 0.115. The number of nitrogens with one attached hydrogen (secondary N) is 1. The summed E-state index contributed by atoms with van der Waals surface area (Å²) in [5, 5.41) is 3.49. The highest BCUT2D eigenvalue weighted by atomic mass is 32.2. The van der Waals surface area contributed by atoms with Crippen molar-refractivity contribution in [2.24, 2.45) is 5.92 Å². The van der Waals surface area contributed by atoms with Crippen molar-refractivity contribution in [2.45, 2.75) is 18.1 Å². The monoisotopic (exact) mass is 281 g/mol. The lowest BCUT2D eigenvalue weighted by molar-refractivity contribution is 0.0942. The van der Waals surface area contributed by atoms with Crippen LogP contribution in [0.25, 0.3) is 0 Å². The van der Waals surface area contributed by atoms with Crippen molar-refractivity contribution in [1.82, 2.24) is 14.9 Å². The highest BCUT2D eigenvalue weighted by molar-refractivity contribution is 7.99. The van der Waals surface area contributed by atoms with Crippen molar-refractivity contribution < 1.29 is 9.53 Å². The molecule has 1 atom stereocenters. The number of carbonyl (C=O) groups excluding carboxylic acids is 1. The highest BCUT2D eigenvalue weighted by Gasteiger charge is 2.21. The Morgan fingerprint density at radius 2 is 2.53 bits per heavy atom. The molecule has 0 unspecified atom stereocenters. The lowest BCUT2D eigenvalue weighted by atomic mass is 10.1. The molecule has 1 amide bonds. The molecule has 2 aliphatic heterocycles. The molecule has 1 aromatic rings. The third kappa shape index (κ3) is 2.52. The molecule has 3 rings (SSSR count). The Balaban J connectivity index is 1.71. The number of amides is 1. The molecule has 7 heteroatoms. The molecule has 102 valence electrons. The summed E-state index contributed by atoms with van der Waals surface area (Å²) in [4.78, 5) is 28.3. The number of fused-ring (bicyclic) bond motifs is 1. The summed E-state index contributed by atoms with van der Waals surface area (Å²) in [5.41, 5.74) is -0.111. The van der Waals surface area contributed by atoms with Gasteiger partial charge in [-0.05, 0) is 6.42 Å². The Kier molecular flexibility index (Phi) is 3.56. The van der Waals surface area contributed by atoms with E-state index in [1.807, 2.05) is 0 Å². The maximum absolute atomic E-state index is 12.1. The van der Waals surface area contributed by atoms with E-state index in [1.54, 1.807) is 4.57 Å². The fourth-order valence-electron chi connectivity index (χ4n) is 2.25. The molecule has 0 spiro atoms. The van der Waals surface area contributed by atoms with Gasteiger partial charge in [-0.1, -0.05) is 11.8 Å². The highest BCUT2D eigenvalue weighted by Crippen LogP contribution is 2.20.